The molecular weight excluding hydrogens is 298 g/mol. The van der Waals surface area contributed by atoms with Gasteiger partial charge in [-0.1, -0.05) is 12.1 Å². The average molecular weight is 319 g/mol. The maximum atomic E-state index is 12.1. The Labute approximate surface area is 134 Å². The number of hydrogen-bond acceptors (Lipinski definition) is 4. The summed E-state index contributed by atoms with van der Waals surface area (Å²) in [5.41, 5.74) is 0.573. The van der Waals surface area contributed by atoms with Gasteiger partial charge in [-0.05, 0) is 37.8 Å². The van der Waals surface area contributed by atoms with Gasteiger partial charge in [-0.15, -0.1) is 0 Å². The van der Waals surface area contributed by atoms with Gasteiger partial charge in [-0.25, -0.2) is 0 Å². The fourth-order valence-electron chi connectivity index (χ4n) is 2.80. The van der Waals surface area contributed by atoms with Crippen molar-refractivity contribution in [1.82, 2.24) is 0 Å². The zero-order chi connectivity index (χ0) is 16.2. The Balaban J connectivity index is 1.57. The van der Waals surface area contributed by atoms with E-state index in [4.69, 9.17) is 14.6 Å². The van der Waals surface area contributed by atoms with Gasteiger partial charge in [0, 0.05) is 6.61 Å². The second kappa shape index (κ2) is 7.00. The molecule has 2 N–H and O–H groups in total. The van der Waals surface area contributed by atoms with Crippen LogP contribution >= 0.6 is 0 Å². The smallest absolute Gasteiger partial charge is 0.307 e. The zero-order valence-electron chi connectivity index (χ0n) is 12.9. The van der Waals surface area contributed by atoms with E-state index in [2.05, 4.69) is 5.32 Å². The fourth-order valence-corrected chi connectivity index (χ4v) is 2.80. The van der Waals surface area contributed by atoms with E-state index in [1.807, 2.05) is 6.07 Å². The van der Waals surface area contributed by atoms with Crippen LogP contribution in [0.15, 0.2) is 24.3 Å². The van der Waals surface area contributed by atoms with Crippen LogP contribution in [-0.2, 0) is 14.3 Å². The van der Waals surface area contributed by atoms with Crippen molar-refractivity contribution in [3.63, 3.8) is 0 Å². The number of hydrogen-bond donors (Lipinski definition) is 2. The van der Waals surface area contributed by atoms with Gasteiger partial charge in [0.1, 0.15) is 12.4 Å². The second-order valence-electron chi connectivity index (χ2n) is 6.07. The summed E-state index contributed by atoms with van der Waals surface area (Å²) in [6, 6.07) is 7.19. The van der Waals surface area contributed by atoms with Gasteiger partial charge in [-0.2, -0.15) is 0 Å². The van der Waals surface area contributed by atoms with E-state index in [1.165, 1.54) is 0 Å². The number of aliphatic carboxylic acids is 1. The number of carboxylic acids is 1. The van der Waals surface area contributed by atoms with Crippen molar-refractivity contribution in [2.45, 2.75) is 31.8 Å². The number of benzene rings is 1. The molecule has 1 aromatic carbocycles. The lowest BCUT2D eigenvalue weighted by Crippen LogP contribution is -2.26. The molecule has 3 atom stereocenters. The summed E-state index contributed by atoms with van der Waals surface area (Å²) in [6.07, 6.45) is 3.71. The van der Waals surface area contributed by atoms with E-state index < -0.39 is 17.8 Å². The van der Waals surface area contributed by atoms with E-state index in [0.29, 0.717) is 24.5 Å². The monoisotopic (exact) mass is 319 g/mol. The van der Waals surface area contributed by atoms with Crippen LogP contribution in [0.4, 0.5) is 5.69 Å². The lowest BCUT2D eigenvalue weighted by atomic mass is 10.1. The molecule has 2 aliphatic rings. The number of rotatable bonds is 6. The number of ether oxygens (including phenoxy) is 2. The number of carbonyl (C=O) groups is 2. The molecule has 0 bridgehead atoms. The second-order valence-corrected chi connectivity index (χ2v) is 6.07. The highest BCUT2D eigenvalue weighted by Crippen LogP contribution is 2.40. The van der Waals surface area contributed by atoms with Gasteiger partial charge in [-0.3, -0.25) is 9.59 Å². The Kier molecular flexibility index (Phi) is 4.81. The molecule has 1 aliphatic heterocycles. The quantitative estimate of drug-likeness (QED) is 0.840. The molecule has 3 rings (SSSR count). The number of carboxylic acid groups (broad SMARTS) is 1. The molecule has 0 spiro atoms. The molecule has 0 radical (unpaired) electrons. The number of anilines is 1. The highest BCUT2D eigenvalue weighted by molar-refractivity contribution is 5.99. The third-order valence-corrected chi connectivity index (χ3v) is 4.29. The summed E-state index contributed by atoms with van der Waals surface area (Å²) >= 11 is 0. The van der Waals surface area contributed by atoms with Crippen molar-refractivity contribution in [3.05, 3.63) is 24.3 Å². The Morgan fingerprint density at radius 3 is 2.78 bits per heavy atom. The van der Waals surface area contributed by atoms with Crippen molar-refractivity contribution in [2.75, 3.05) is 18.5 Å². The molecule has 6 heteroatoms. The molecule has 1 aliphatic carbocycles. The van der Waals surface area contributed by atoms with Crippen molar-refractivity contribution < 1.29 is 24.2 Å². The minimum atomic E-state index is -0.913. The van der Waals surface area contributed by atoms with Gasteiger partial charge in [0.25, 0.3) is 0 Å². The number of para-hydroxylation sites is 2. The molecule has 6 nitrogen and oxygen atoms in total. The number of nitrogens with one attached hydrogen (secondary N) is 1. The summed E-state index contributed by atoms with van der Waals surface area (Å²) in [5.74, 6) is -1.59. The highest BCUT2D eigenvalue weighted by atomic mass is 16.5. The molecule has 1 saturated heterocycles. The maximum Gasteiger partial charge on any atom is 0.307 e. The predicted molar refractivity (Wildman–Crippen MR) is 83.4 cm³/mol. The normalized spacial score (nSPS) is 26.3. The molecule has 3 unspecified atom stereocenters. The lowest BCUT2D eigenvalue weighted by molar-refractivity contribution is -0.139. The maximum absolute atomic E-state index is 12.1. The fraction of sp³-hybridized carbons (Fsp3) is 0.529. The van der Waals surface area contributed by atoms with Crippen molar-refractivity contribution in [2.24, 2.45) is 11.8 Å². The van der Waals surface area contributed by atoms with Crippen LogP contribution in [0.5, 0.6) is 5.75 Å². The van der Waals surface area contributed by atoms with E-state index in [9.17, 15) is 9.59 Å². The van der Waals surface area contributed by atoms with E-state index >= 15 is 0 Å². The average Bonchev–Trinajstić information content (AvgIpc) is 3.36. The molecule has 23 heavy (non-hydrogen) atoms. The summed E-state index contributed by atoms with van der Waals surface area (Å²) in [6.45, 7) is 1.22. The summed E-state index contributed by atoms with van der Waals surface area (Å²) < 4.78 is 11.4. The minimum absolute atomic E-state index is 0.0901. The molecule has 2 fully saturated rings. The summed E-state index contributed by atoms with van der Waals surface area (Å²) in [4.78, 5) is 22.9. The van der Waals surface area contributed by atoms with Crippen LogP contribution in [0, 0.1) is 11.8 Å². The highest BCUT2D eigenvalue weighted by Gasteiger charge is 2.48. The van der Waals surface area contributed by atoms with Gasteiger partial charge >= 0.3 is 5.97 Å². The van der Waals surface area contributed by atoms with Crippen LogP contribution in [0.25, 0.3) is 0 Å². The van der Waals surface area contributed by atoms with Crippen LogP contribution in [0.1, 0.15) is 25.7 Å². The number of amides is 1. The Hall–Kier alpha value is -2.08. The minimum Gasteiger partial charge on any atom is -0.489 e. The van der Waals surface area contributed by atoms with Gasteiger partial charge in [0.15, 0.2) is 0 Å². The SMILES string of the molecule is O=C(O)C1CC1C(=O)Nc1ccccc1OCC1CCCCO1. The lowest BCUT2D eigenvalue weighted by Gasteiger charge is -2.23. The molecule has 1 heterocycles. The molecule has 1 saturated carbocycles. The summed E-state index contributed by atoms with van der Waals surface area (Å²) in [7, 11) is 0. The standard InChI is InChI=1S/C17H21NO5/c19-16(12-9-13(12)17(20)21)18-14-6-1-2-7-15(14)23-10-11-5-3-4-8-22-11/h1-2,6-7,11-13H,3-5,8-10H2,(H,18,19)(H,20,21). The third-order valence-electron chi connectivity index (χ3n) is 4.29. The first kappa shape index (κ1) is 15.8. The number of carbonyl (C=O) groups excluding carboxylic acids is 1. The first-order valence-electron chi connectivity index (χ1n) is 8.02. The first-order valence-corrected chi connectivity index (χ1v) is 8.02. The van der Waals surface area contributed by atoms with Crippen molar-refractivity contribution in [1.29, 1.82) is 0 Å². The van der Waals surface area contributed by atoms with Gasteiger partial charge in [0.2, 0.25) is 5.91 Å². The Morgan fingerprint density at radius 2 is 2.09 bits per heavy atom. The van der Waals surface area contributed by atoms with Crippen LogP contribution in [-0.4, -0.2) is 36.3 Å². The molecule has 0 aromatic heterocycles. The van der Waals surface area contributed by atoms with Gasteiger partial charge in [0.05, 0.1) is 23.6 Å². The van der Waals surface area contributed by atoms with Crippen LogP contribution in [0.3, 0.4) is 0 Å². The Bertz CT molecular complexity index is 582. The van der Waals surface area contributed by atoms with E-state index in [-0.39, 0.29) is 12.0 Å². The molecular formula is C17H21NO5. The molecule has 1 amide bonds. The predicted octanol–water partition coefficient (Wildman–Crippen LogP) is 2.29. The largest absolute Gasteiger partial charge is 0.489 e. The van der Waals surface area contributed by atoms with E-state index in [1.54, 1.807) is 18.2 Å². The van der Waals surface area contributed by atoms with Crippen LogP contribution < -0.4 is 10.1 Å². The summed E-state index contributed by atoms with van der Waals surface area (Å²) in [5, 5.41) is 11.7. The third kappa shape index (κ3) is 4.01. The van der Waals surface area contributed by atoms with Crippen LogP contribution in [0.2, 0.25) is 0 Å². The topological polar surface area (TPSA) is 84.9 Å². The zero-order valence-corrected chi connectivity index (χ0v) is 12.9. The van der Waals surface area contributed by atoms with Crippen molar-refractivity contribution >= 4 is 17.6 Å². The van der Waals surface area contributed by atoms with Gasteiger partial charge < -0.3 is 19.9 Å². The van der Waals surface area contributed by atoms with Crippen molar-refractivity contribution in [3.8, 4) is 5.75 Å². The molecule has 124 valence electrons. The molecule has 1 aromatic rings. The first-order chi connectivity index (χ1) is 11.1. The van der Waals surface area contributed by atoms with E-state index in [0.717, 1.165) is 25.9 Å². The Morgan fingerprint density at radius 1 is 1.26 bits per heavy atom.